The lowest BCUT2D eigenvalue weighted by Gasteiger charge is -2.28. The van der Waals surface area contributed by atoms with Crippen LogP contribution in [0.3, 0.4) is 0 Å². The van der Waals surface area contributed by atoms with Gasteiger partial charge in [-0.15, -0.1) is 0 Å². The van der Waals surface area contributed by atoms with Crippen LogP contribution in [0.5, 0.6) is 0 Å². The summed E-state index contributed by atoms with van der Waals surface area (Å²) in [6, 6.07) is 12.7. The number of nitrogens with zero attached hydrogens (tertiary/aromatic N) is 1. The SMILES string of the molecule is O=C(COC(=O)CCC(=O)c1ccc(F)cc1)Nc1ccc(N2CCCCC2)cc1. The molecular formula is C23H25FN2O4. The van der Waals surface area contributed by atoms with Crippen LogP contribution in [0.1, 0.15) is 42.5 Å². The van der Waals surface area contributed by atoms with Crippen molar-refractivity contribution >= 4 is 29.0 Å². The molecule has 1 aliphatic rings. The quantitative estimate of drug-likeness (QED) is 0.525. The highest BCUT2D eigenvalue weighted by molar-refractivity contribution is 5.98. The Hall–Kier alpha value is -3.22. The molecule has 0 aromatic heterocycles. The zero-order valence-corrected chi connectivity index (χ0v) is 16.7. The molecule has 2 aromatic carbocycles. The minimum atomic E-state index is -0.638. The van der Waals surface area contributed by atoms with Crippen LogP contribution in [0.25, 0.3) is 0 Å². The zero-order valence-electron chi connectivity index (χ0n) is 16.7. The maximum atomic E-state index is 12.9. The molecular weight excluding hydrogens is 387 g/mol. The van der Waals surface area contributed by atoms with Gasteiger partial charge in [-0.25, -0.2) is 4.39 Å². The summed E-state index contributed by atoms with van der Waals surface area (Å²) in [5.74, 6) is -1.80. The molecule has 0 atom stereocenters. The van der Waals surface area contributed by atoms with E-state index in [2.05, 4.69) is 10.2 Å². The number of halogens is 1. The molecule has 0 radical (unpaired) electrons. The van der Waals surface area contributed by atoms with Crippen LogP contribution in [-0.2, 0) is 14.3 Å². The van der Waals surface area contributed by atoms with Crippen molar-refractivity contribution in [1.29, 1.82) is 0 Å². The van der Waals surface area contributed by atoms with Crippen molar-refractivity contribution in [3.63, 3.8) is 0 Å². The number of esters is 1. The largest absolute Gasteiger partial charge is 0.456 e. The van der Waals surface area contributed by atoms with Gasteiger partial charge in [-0.3, -0.25) is 14.4 Å². The van der Waals surface area contributed by atoms with Crippen LogP contribution in [0, 0.1) is 5.82 Å². The molecule has 0 bridgehead atoms. The summed E-state index contributed by atoms with van der Waals surface area (Å²) in [6.45, 7) is 1.67. The topological polar surface area (TPSA) is 75.7 Å². The third kappa shape index (κ3) is 6.40. The predicted molar refractivity (Wildman–Crippen MR) is 112 cm³/mol. The average molecular weight is 412 g/mol. The van der Waals surface area contributed by atoms with Crippen LogP contribution in [0.15, 0.2) is 48.5 Å². The summed E-state index contributed by atoms with van der Waals surface area (Å²) >= 11 is 0. The number of benzene rings is 2. The Morgan fingerprint density at radius 1 is 0.900 bits per heavy atom. The molecule has 1 saturated heterocycles. The molecule has 2 aromatic rings. The summed E-state index contributed by atoms with van der Waals surface area (Å²) < 4.78 is 17.8. The summed E-state index contributed by atoms with van der Waals surface area (Å²) in [7, 11) is 0. The van der Waals surface area contributed by atoms with Gasteiger partial charge >= 0.3 is 5.97 Å². The molecule has 0 aliphatic carbocycles. The van der Waals surface area contributed by atoms with Crippen molar-refractivity contribution in [1.82, 2.24) is 0 Å². The summed E-state index contributed by atoms with van der Waals surface area (Å²) in [6.07, 6.45) is 3.44. The molecule has 1 fully saturated rings. The number of hydrogen-bond acceptors (Lipinski definition) is 5. The van der Waals surface area contributed by atoms with Crippen LogP contribution in [0.2, 0.25) is 0 Å². The highest BCUT2D eigenvalue weighted by Crippen LogP contribution is 2.21. The van der Waals surface area contributed by atoms with Crippen LogP contribution < -0.4 is 10.2 Å². The number of Topliss-reactive ketones (excluding diaryl/α,β-unsaturated/α-hetero) is 1. The number of ketones is 1. The lowest BCUT2D eigenvalue weighted by atomic mass is 10.1. The number of carbonyl (C=O) groups is 3. The Balaban J connectivity index is 1.38. The monoisotopic (exact) mass is 412 g/mol. The number of amides is 1. The molecule has 1 N–H and O–H groups in total. The molecule has 0 unspecified atom stereocenters. The summed E-state index contributed by atoms with van der Waals surface area (Å²) in [5, 5.41) is 2.69. The van der Waals surface area contributed by atoms with Gasteiger partial charge in [0.05, 0.1) is 6.42 Å². The van der Waals surface area contributed by atoms with Gasteiger partial charge in [-0.05, 0) is 67.8 Å². The van der Waals surface area contributed by atoms with Gasteiger partial charge in [0.25, 0.3) is 5.91 Å². The number of carbonyl (C=O) groups excluding carboxylic acids is 3. The van der Waals surface area contributed by atoms with Crippen molar-refractivity contribution in [2.45, 2.75) is 32.1 Å². The van der Waals surface area contributed by atoms with Crippen molar-refractivity contribution in [3.05, 3.63) is 59.9 Å². The minimum Gasteiger partial charge on any atom is -0.456 e. The van der Waals surface area contributed by atoms with Crippen molar-refractivity contribution in [2.24, 2.45) is 0 Å². The van der Waals surface area contributed by atoms with E-state index in [0.29, 0.717) is 11.3 Å². The van der Waals surface area contributed by atoms with E-state index in [1.54, 1.807) is 0 Å². The van der Waals surface area contributed by atoms with Crippen LogP contribution in [0.4, 0.5) is 15.8 Å². The molecule has 0 saturated carbocycles. The smallest absolute Gasteiger partial charge is 0.306 e. The Labute approximate surface area is 175 Å². The van der Waals surface area contributed by atoms with E-state index in [1.165, 1.54) is 43.5 Å². The molecule has 30 heavy (non-hydrogen) atoms. The van der Waals surface area contributed by atoms with E-state index in [1.807, 2.05) is 24.3 Å². The minimum absolute atomic E-state index is 0.0654. The highest BCUT2D eigenvalue weighted by atomic mass is 19.1. The van der Waals surface area contributed by atoms with Gasteiger partial charge in [0.1, 0.15) is 5.82 Å². The van der Waals surface area contributed by atoms with E-state index in [9.17, 15) is 18.8 Å². The van der Waals surface area contributed by atoms with Gasteiger partial charge in [0, 0.05) is 36.4 Å². The second-order valence-corrected chi connectivity index (χ2v) is 7.23. The molecule has 1 aliphatic heterocycles. The maximum absolute atomic E-state index is 12.9. The Morgan fingerprint density at radius 2 is 1.57 bits per heavy atom. The van der Waals surface area contributed by atoms with E-state index in [-0.39, 0.29) is 18.6 Å². The van der Waals surface area contributed by atoms with Gasteiger partial charge in [-0.2, -0.15) is 0 Å². The van der Waals surface area contributed by atoms with Crippen molar-refractivity contribution in [2.75, 3.05) is 29.9 Å². The normalized spacial score (nSPS) is 13.6. The Kier molecular flexibility index (Phi) is 7.54. The number of ether oxygens (including phenoxy) is 1. The first-order chi connectivity index (χ1) is 14.5. The van der Waals surface area contributed by atoms with Crippen molar-refractivity contribution < 1.29 is 23.5 Å². The predicted octanol–water partition coefficient (Wildman–Crippen LogP) is 3.96. The third-order valence-electron chi connectivity index (χ3n) is 4.96. The molecule has 1 amide bonds. The number of nitrogens with one attached hydrogen (secondary N) is 1. The third-order valence-corrected chi connectivity index (χ3v) is 4.96. The fourth-order valence-corrected chi connectivity index (χ4v) is 3.32. The first-order valence-electron chi connectivity index (χ1n) is 10.1. The molecule has 6 nitrogen and oxygen atoms in total. The maximum Gasteiger partial charge on any atom is 0.306 e. The number of rotatable bonds is 8. The lowest BCUT2D eigenvalue weighted by molar-refractivity contribution is -0.147. The highest BCUT2D eigenvalue weighted by Gasteiger charge is 2.13. The Bertz CT molecular complexity index is 875. The fourth-order valence-electron chi connectivity index (χ4n) is 3.32. The second kappa shape index (κ2) is 10.5. The van der Waals surface area contributed by atoms with E-state index >= 15 is 0 Å². The number of piperidine rings is 1. The zero-order chi connectivity index (χ0) is 21.3. The molecule has 0 spiro atoms. The second-order valence-electron chi connectivity index (χ2n) is 7.23. The van der Waals surface area contributed by atoms with E-state index in [0.717, 1.165) is 18.8 Å². The molecule has 1 heterocycles. The van der Waals surface area contributed by atoms with Gasteiger partial charge in [-0.1, -0.05) is 0 Å². The molecule has 7 heteroatoms. The van der Waals surface area contributed by atoms with Crippen molar-refractivity contribution in [3.8, 4) is 0 Å². The molecule has 158 valence electrons. The molecule has 3 rings (SSSR count). The first kappa shape index (κ1) is 21.5. The first-order valence-corrected chi connectivity index (χ1v) is 10.1. The summed E-state index contributed by atoms with van der Waals surface area (Å²) in [5.41, 5.74) is 2.09. The van der Waals surface area contributed by atoms with Crippen LogP contribution >= 0.6 is 0 Å². The lowest BCUT2D eigenvalue weighted by Crippen LogP contribution is -2.29. The van der Waals surface area contributed by atoms with Gasteiger partial charge < -0.3 is 15.0 Å². The van der Waals surface area contributed by atoms with Crippen LogP contribution in [-0.4, -0.2) is 37.4 Å². The fraction of sp³-hybridized carbons (Fsp3) is 0.348. The Morgan fingerprint density at radius 3 is 2.23 bits per heavy atom. The van der Waals surface area contributed by atoms with Gasteiger partial charge in [0.2, 0.25) is 0 Å². The summed E-state index contributed by atoms with van der Waals surface area (Å²) in [4.78, 5) is 38.1. The van der Waals surface area contributed by atoms with E-state index < -0.39 is 24.3 Å². The van der Waals surface area contributed by atoms with E-state index in [4.69, 9.17) is 4.74 Å². The average Bonchev–Trinajstić information content (AvgIpc) is 2.77. The number of anilines is 2. The van der Waals surface area contributed by atoms with Gasteiger partial charge in [0.15, 0.2) is 12.4 Å². The standard InChI is InChI=1S/C23H25FN2O4/c24-18-6-4-17(5-7-18)21(27)12-13-23(29)30-16-22(28)25-19-8-10-20(11-9-19)26-14-2-1-3-15-26/h4-11H,1-3,12-16H2,(H,25,28). The number of hydrogen-bond donors (Lipinski definition) is 1.